The molecule has 0 saturated carbocycles. The molecular weight excluding hydrogens is 354 g/mol. The molecule has 1 rings (SSSR count). The van der Waals surface area contributed by atoms with E-state index in [1.807, 2.05) is 13.8 Å². The van der Waals surface area contributed by atoms with Crippen LogP contribution in [0.5, 0.6) is 0 Å². The highest BCUT2D eigenvalue weighted by Gasteiger charge is 2.35. The van der Waals surface area contributed by atoms with E-state index >= 15 is 0 Å². The van der Waals surface area contributed by atoms with Gasteiger partial charge in [0.05, 0.1) is 16.5 Å². The van der Waals surface area contributed by atoms with Crippen LogP contribution < -0.4 is 4.72 Å². The molecule has 1 aromatic carbocycles. The number of rotatable bonds is 7. The normalized spacial score (nSPS) is 14.4. The number of aliphatic hydroxyl groups is 1. The molecule has 0 radical (unpaired) electrons. The Balaban J connectivity index is 3.10. The second-order valence-corrected chi connectivity index (χ2v) is 8.41. The van der Waals surface area contributed by atoms with E-state index in [2.05, 4.69) is 20.7 Å². The minimum absolute atomic E-state index is 0.0789. The quantitative estimate of drug-likeness (QED) is 0.765. The lowest BCUT2D eigenvalue weighted by Gasteiger charge is -2.35. The van der Waals surface area contributed by atoms with E-state index in [-0.39, 0.29) is 10.8 Å². The highest BCUT2D eigenvalue weighted by atomic mass is 79.9. The highest BCUT2D eigenvalue weighted by Crippen LogP contribution is 2.25. The predicted molar refractivity (Wildman–Crippen MR) is 88.6 cm³/mol. The molecule has 0 amide bonds. The highest BCUT2D eigenvalue weighted by molar-refractivity contribution is 9.10. The zero-order chi connectivity index (χ0) is 16.3. The Kier molecular flexibility index (Phi) is 6.40. The third-order valence-corrected chi connectivity index (χ3v) is 5.67. The van der Waals surface area contributed by atoms with E-state index in [0.29, 0.717) is 0 Å². The summed E-state index contributed by atoms with van der Waals surface area (Å²) in [6.07, 6.45) is 1.60. The number of nitrogens with one attached hydrogen (secondary N) is 1. The maximum absolute atomic E-state index is 12.5. The lowest BCUT2D eigenvalue weighted by molar-refractivity contribution is 0.0216. The molecule has 0 aliphatic heterocycles. The fourth-order valence-electron chi connectivity index (χ4n) is 2.43. The van der Waals surface area contributed by atoms with Crippen LogP contribution in [0.15, 0.2) is 33.6 Å². The van der Waals surface area contributed by atoms with E-state index < -0.39 is 21.7 Å². The number of sulfonamides is 1. The van der Waals surface area contributed by atoms with Crippen LogP contribution in [0.1, 0.15) is 40.5 Å². The van der Waals surface area contributed by atoms with Crippen LogP contribution >= 0.6 is 15.9 Å². The largest absolute Gasteiger partial charge is 0.389 e. The van der Waals surface area contributed by atoms with Crippen LogP contribution in [0.3, 0.4) is 0 Å². The van der Waals surface area contributed by atoms with Gasteiger partial charge >= 0.3 is 0 Å². The molecular formula is C15H24BrNO3S. The van der Waals surface area contributed by atoms with Crippen LogP contribution in [0.2, 0.25) is 0 Å². The van der Waals surface area contributed by atoms with Crippen molar-refractivity contribution in [1.29, 1.82) is 0 Å². The van der Waals surface area contributed by atoms with E-state index in [0.717, 1.165) is 17.3 Å². The van der Waals surface area contributed by atoms with Crippen molar-refractivity contribution in [2.75, 3.05) is 0 Å². The Hall–Kier alpha value is -0.430. The summed E-state index contributed by atoms with van der Waals surface area (Å²) in [5, 5.41) is 10.3. The third-order valence-electron chi connectivity index (χ3n) is 3.69. The van der Waals surface area contributed by atoms with Crippen LogP contribution in [-0.2, 0) is 10.0 Å². The summed E-state index contributed by atoms with van der Waals surface area (Å²) in [4.78, 5) is 0.200. The van der Waals surface area contributed by atoms with Gasteiger partial charge in [0, 0.05) is 4.47 Å². The van der Waals surface area contributed by atoms with E-state index in [9.17, 15) is 13.5 Å². The second kappa shape index (κ2) is 7.22. The van der Waals surface area contributed by atoms with Crippen LogP contribution in [0, 0.1) is 5.92 Å². The summed E-state index contributed by atoms with van der Waals surface area (Å²) in [6.45, 7) is 7.28. The topological polar surface area (TPSA) is 66.4 Å². The number of halogens is 1. The van der Waals surface area contributed by atoms with Crippen molar-refractivity contribution in [2.45, 2.75) is 57.1 Å². The maximum atomic E-state index is 12.5. The van der Waals surface area contributed by atoms with Gasteiger partial charge in [-0.25, -0.2) is 13.1 Å². The maximum Gasteiger partial charge on any atom is 0.240 e. The van der Waals surface area contributed by atoms with Crippen molar-refractivity contribution in [3.63, 3.8) is 0 Å². The van der Waals surface area contributed by atoms with Gasteiger partial charge < -0.3 is 5.11 Å². The average Bonchev–Trinajstić information content (AvgIpc) is 2.38. The molecule has 120 valence electrons. The van der Waals surface area contributed by atoms with E-state index in [1.165, 1.54) is 0 Å². The molecule has 21 heavy (non-hydrogen) atoms. The lowest BCUT2D eigenvalue weighted by Crippen LogP contribution is -2.53. The molecule has 0 aliphatic carbocycles. The first-order valence-electron chi connectivity index (χ1n) is 7.12. The molecule has 0 aromatic heterocycles. The summed E-state index contributed by atoms with van der Waals surface area (Å²) in [5.41, 5.74) is -1.13. The van der Waals surface area contributed by atoms with E-state index in [4.69, 9.17) is 0 Å². The zero-order valence-corrected chi connectivity index (χ0v) is 15.3. The molecule has 0 saturated heterocycles. The smallest absolute Gasteiger partial charge is 0.240 e. The van der Waals surface area contributed by atoms with Gasteiger partial charge in [0.25, 0.3) is 0 Å². The fourth-order valence-corrected chi connectivity index (χ4v) is 4.14. The molecule has 0 fully saturated rings. The number of benzene rings is 1. The van der Waals surface area contributed by atoms with Crippen LogP contribution in [0.25, 0.3) is 0 Å². The summed E-state index contributed by atoms with van der Waals surface area (Å²) in [6, 6.07) is 5.93. The van der Waals surface area contributed by atoms with Gasteiger partial charge in [0.2, 0.25) is 10.0 Å². The Bertz CT molecular complexity index is 545. The summed E-state index contributed by atoms with van der Waals surface area (Å²) < 4.78 is 28.5. The van der Waals surface area contributed by atoms with Gasteiger partial charge in [-0.15, -0.1) is 0 Å². The third kappa shape index (κ3) is 5.06. The molecule has 4 nitrogen and oxygen atoms in total. The summed E-state index contributed by atoms with van der Waals surface area (Å²) in [7, 11) is -3.66. The monoisotopic (exact) mass is 377 g/mol. The molecule has 1 atom stereocenters. The van der Waals surface area contributed by atoms with Crippen molar-refractivity contribution >= 4 is 26.0 Å². The van der Waals surface area contributed by atoms with Gasteiger partial charge in [0.15, 0.2) is 0 Å². The predicted octanol–water partition coefficient (Wildman–Crippen LogP) is 3.30. The number of hydrogen-bond acceptors (Lipinski definition) is 3. The summed E-state index contributed by atoms with van der Waals surface area (Å²) in [5.74, 6) is 0.0789. The van der Waals surface area contributed by atoms with Crippen LogP contribution in [-0.4, -0.2) is 25.2 Å². The van der Waals surface area contributed by atoms with Crippen molar-refractivity contribution in [3.8, 4) is 0 Å². The SMILES string of the molecule is CCC(CC)[C@H](NS(=O)(=O)c1ccc(Br)cc1)C(C)(C)O. The Morgan fingerprint density at radius 2 is 1.67 bits per heavy atom. The minimum atomic E-state index is -3.66. The molecule has 0 unspecified atom stereocenters. The number of hydrogen-bond donors (Lipinski definition) is 2. The first-order valence-corrected chi connectivity index (χ1v) is 9.39. The first-order chi connectivity index (χ1) is 9.61. The lowest BCUT2D eigenvalue weighted by atomic mass is 9.84. The van der Waals surface area contributed by atoms with Gasteiger partial charge in [0.1, 0.15) is 0 Å². The van der Waals surface area contributed by atoms with Crippen molar-refractivity contribution < 1.29 is 13.5 Å². The van der Waals surface area contributed by atoms with Crippen LogP contribution in [0.4, 0.5) is 0 Å². The molecule has 1 aromatic rings. The van der Waals surface area contributed by atoms with Gasteiger partial charge in [-0.1, -0.05) is 42.6 Å². The van der Waals surface area contributed by atoms with Gasteiger partial charge in [-0.2, -0.15) is 0 Å². The van der Waals surface area contributed by atoms with Crippen molar-refractivity contribution in [2.24, 2.45) is 5.92 Å². The molecule has 0 heterocycles. The van der Waals surface area contributed by atoms with Gasteiger partial charge in [-0.3, -0.25) is 0 Å². The molecule has 6 heteroatoms. The summed E-state index contributed by atoms with van der Waals surface area (Å²) >= 11 is 3.29. The Morgan fingerprint density at radius 3 is 2.05 bits per heavy atom. The molecule has 0 bridgehead atoms. The second-order valence-electron chi connectivity index (χ2n) is 5.78. The fraction of sp³-hybridized carbons (Fsp3) is 0.600. The van der Waals surface area contributed by atoms with Crippen molar-refractivity contribution in [3.05, 3.63) is 28.7 Å². The molecule has 0 aliphatic rings. The standard InChI is InChI=1S/C15H24BrNO3S/c1-5-11(6-2)14(15(3,4)18)17-21(19,20)13-9-7-12(16)8-10-13/h7-11,14,17-18H,5-6H2,1-4H3/t14-/m0/s1. The zero-order valence-electron chi connectivity index (χ0n) is 12.9. The van der Waals surface area contributed by atoms with Crippen molar-refractivity contribution in [1.82, 2.24) is 4.72 Å². The van der Waals surface area contributed by atoms with E-state index in [1.54, 1.807) is 38.1 Å². The Morgan fingerprint density at radius 1 is 1.19 bits per heavy atom. The first kappa shape index (κ1) is 18.6. The molecule has 0 spiro atoms. The Labute approximate surface area is 136 Å². The van der Waals surface area contributed by atoms with Gasteiger partial charge in [-0.05, 0) is 44.0 Å². The average molecular weight is 378 g/mol. The minimum Gasteiger partial charge on any atom is -0.389 e. The molecule has 2 N–H and O–H groups in total.